The number of hydrogen-bond acceptors (Lipinski definition) is 4. The molecule has 37 heavy (non-hydrogen) atoms. The highest BCUT2D eigenvalue weighted by atomic mass is 35.5. The third kappa shape index (κ3) is 4.86. The number of rotatable bonds is 6. The molecule has 0 radical (unpaired) electrons. The van der Waals surface area contributed by atoms with E-state index < -0.39 is 5.92 Å². The van der Waals surface area contributed by atoms with Crippen molar-refractivity contribution in [3.05, 3.63) is 104 Å². The van der Waals surface area contributed by atoms with Gasteiger partial charge in [0.15, 0.2) is 5.82 Å². The van der Waals surface area contributed by atoms with E-state index in [9.17, 15) is 10.1 Å². The predicted octanol–water partition coefficient (Wildman–Crippen LogP) is 8.31. The molecule has 0 fully saturated rings. The van der Waals surface area contributed by atoms with Gasteiger partial charge in [0.1, 0.15) is 0 Å². The summed E-state index contributed by atoms with van der Waals surface area (Å²) in [6.07, 6.45) is 0. The van der Waals surface area contributed by atoms with Crippen molar-refractivity contribution in [1.82, 2.24) is 9.55 Å². The Labute approximate surface area is 228 Å². The van der Waals surface area contributed by atoms with Gasteiger partial charge in [0.2, 0.25) is 0 Å². The topological polar surface area (TPSA) is 70.7 Å². The molecular formula is C29H22Cl2N4OS. The van der Waals surface area contributed by atoms with Crippen LogP contribution in [0.15, 0.2) is 72.8 Å². The first-order valence-corrected chi connectivity index (χ1v) is 13.3. The summed E-state index contributed by atoms with van der Waals surface area (Å²) in [5.74, 6) is 0.0730. The Balaban J connectivity index is 1.40. The summed E-state index contributed by atoms with van der Waals surface area (Å²) in [7, 11) is 0. The molecule has 0 saturated carbocycles. The molecular weight excluding hydrogens is 523 g/mol. The normalized spacial score (nSPS) is 11.9. The maximum atomic E-state index is 13.1. The van der Waals surface area contributed by atoms with Gasteiger partial charge >= 0.3 is 0 Å². The molecule has 1 N–H and O–H groups in total. The number of aromatic nitrogens is 2. The first-order chi connectivity index (χ1) is 17.9. The van der Waals surface area contributed by atoms with E-state index in [0.717, 1.165) is 39.4 Å². The first-order valence-electron chi connectivity index (χ1n) is 11.7. The number of fused-ring (bicyclic) bond motifs is 1. The van der Waals surface area contributed by atoms with Crippen LogP contribution in [0.3, 0.4) is 0 Å². The minimum absolute atomic E-state index is 0.225. The van der Waals surface area contributed by atoms with Gasteiger partial charge in [-0.25, -0.2) is 4.98 Å². The minimum Gasteiger partial charge on any atom is -0.324 e. The minimum atomic E-state index is -0.550. The van der Waals surface area contributed by atoms with Crippen LogP contribution in [0.2, 0.25) is 10.0 Å². The maximum absolute atomic E-state index is 13.1. The molecule has 0 aliphatic carbocycles. The SMILES string of the molecule is CCn1c(-c2ccc(C(=O)Nc3cc(Cl)c(C(C#N)c4ccc(Cl)cc4)cc3C)s2)nc2ccccc21. The van der Waals surface area contributed by atoms with Crippen LogP contribution in [0, 0.1) is 18.3 Å². The highest BCUT2D eigenvalue weighted by Crippen LogP contribution is 2.35. The molecule has 0 aliphatic rings. The number of para-hydroxylation sites is 2. The van der Waals surface area contributed by atoms with Crippen LogP contribution in [-0.2, 0) is 6.54 Å². The van der Waals surface area contributed by atoms with Crippen LogP contribution < -0.4 is 5.32 Å². The van der Waals surface area contributed by atoms with Crippen molar-refractivity contribution in [3.63, 3.8) is 0 Å². The highest BCUT2D eigenvalue weighted by molar-refractivity contribution is 7.17. The Bertz CT molecular complexity index is 1660. The van der Waals surface area contributed by atoms with Gasteiger partial charge in [-0.15, -0.1) is 11.3 Å². The van der Waals surface area contributed by atoms with Crippen LogP contribution >= 0.6 is 34.5 Å². The zero-order valence-electron chi connectivity index (χ0n) is 20.1. The summed E-state index contributed by atoms with van der Waals surface area (Å²) in [5.41, 5.74) is 4.89. The lowest BCUT2D eigenvalue weighted by Gasteiger charge is -2.16. The Morgan fingerprint density at radius 3 is 2.59 bits per heavy atom. The molecule has 5 nitrogen and oxygen atoms in total. The fourth-order valence-electron chi connectivity index (χ4n) is 4.39. The molecule has 1 atom stereocenters. The second kappa shape index (κ2) is 10.4. The van der Waals surface area contributed by atoms with Gasteiger partial charge in [-0.2, -0.15) is 5.26 Å². The number of thiophene rings is 1. The van der Waals surface area contributed by atoms with Crippen molar-refractivity contribution < 1.29 is 4.79 Å². The number of nitriles is 1. The first kappa shape index (κ1) is 25.0. The van der Waals surface area contributed by atoms with E-state index in [1.165, 1.54) is 11.3 Å². The summed E-state index contributed by atoms with van der Waals surface area (Å²) < 4.78 is 2.15. The number of amides is 1. The van der Waals surface area contributed by atoms with Gasteiger partial charge in [0.25, 0.3) is 5.91 Å². The van der Waals surface area contributed by atoms with Crippen LogP contribution in [0.4, 0.5) is 5.69 Å². The number of nitrogens with one attached hydrogen (secondary N) is 1. The molecule has 2 heterocycles. The Hall–Kier alpha value is -3.63. The summed E-state index contributed by atoms with van der Waals surface area (Å²) in [4.78, 5) is 19.4. The standard InChI is InChI=1S/C29H22Cl2N4OS/c1-3-35-25-7-5-4-6-23(25)33-28(35)26-12-13-27(37-26)29(36)34-24-15-22(31)20(14-17(24)2)21(16-32)18-8-10-19(30)11-9-18/h4-15,21H,3H2,1-2H3,(H,34,36). The number of benzene rings is 3. The van der Waals surface area contributed by atoms with Gasteiger partial charge in [-0.1, -0.05) is 53.5 Å². The summed E-state index contributed by atoms with van der Waals surface area (Å²) in [6, 6.07) is 24.8. The monoisotopic (exact) mass is 544 g/mol. The lowest BCUT2D eigenvalue weighted by Crippen LogP contribution is -2.12. The quantitative estimate of drug-likeness (QED) is 0.233. The van der Waals surface area contributed by atoms with E-state index in [1.54, 1.807) is 18.2 Å². The number of carbonyl (C=O) groups excluding carboxylic acids is 1. The second-order valence-corrected chi connectivity index (χ2v) is 10.5. The van der Waals surface area contributed by atoms with Crippen LogP contribution in [0.1, 0.15) is 39.2 Å². The number of aryl methyl sites for hydroxylation is 2. The molecule has 0 bridgehead atoms. The molecule has 3 aromatic carbocycles. The lowest BCUT2D eigenvalue weighted by molar-refractivity contribution is 0.103. The number of imidazole rings is 1. The molecule has 1 amide bonds. The van der Waals surface area contributed by atoms with E-state index >= 15 is 0 Å². The Kier molecular flexibility index (Phi) is 7.03. The smallest absolute Gasteiger partial charge is 0.265 e. The van der Waals surface area contributed by atoms with Gasteiger partial charge < -0.3 is 9.88 Å². The zero-order chi connectivity index (χ0) is 26.1. The Morgan fingerprint density at radius 2 is 1.86 bits per heavy atom. The average molecular weight is 545 g/mol. The molecule has 5 rings (SSSR count). The van der Waals surface area contributed by atoms with Crippen LogP contribution in [0.5, 0.6) is 0 Å². The van der Waals surface area contributed by atoms with E-state index in [1.807, 2.05) is 55.5 Å². The molecule has 2 aromatic heterocycles. The van der Waals surface area contributed by atoms with E-state index in [2.05, 4.69) is 28.9 Å². The van der Waals surface area contributed by atoms with Gasteiger partial charge in [0, 0.05) is 22.3 Å². The molecule has 8 heteroatoms. The van der Waals surface area contributed by atoms with Gasteiger partial charge in [-0.3, -0.25) is 4.79 Å². The van der Waals surface area contributed by atoms with Crippen molar-refractivity contribution in [1.29, 1.82) is 5.26 Å². The third-order valence-corrected chi connectivity index (χ3v) is 7.92. The van der Waals surface area contributed by atoms with Crippen molar-refractivity contribution in [2.75, 3.05) is 5.32 Å². The Morgan fingerprint density at radius 1 is 1.11 bits per heavy atom. The lowest BCUT2D eigenvalue weighted by atomic mass is 9.91. The predicted molar refractivity (Wildman–Crippen MR) is 152 cm³/mol. The maximum Gasteiger partial charge on any atom is 0.265 e. The third-order valence-electron chi connectivity index (χ3n) is 6.26. The highest BCUT2D eigenvalue weighted by Gasteiger charge is 2.20. The largest absolute Gasteiger partial charge is 0.324 e. The number of carbonyl (C=O) groups is 1. The van der Waals surface area contributed by atoms with Gasteiger partial charge in [-0.05, 0) is 73.0 Å². The number of nitrogens with zero attached hydrogens (tertiary/aromatic N) is 3. The number of halogens is 2. The van der Waals surface area contributed by atoms with Crippen molar-refractivity contribution in [3.8, 4) is 16.8 Å². The summed E-state index contributed by atoms with van der Waals surface area (Å²) in [6.45, 7) is 4.74. The van der Waals surface area contributed by atoms with Crippen molar-refractivity contribution in [2.45, 2.75) is 26.3 Å². The van der Waals surface area contributed by atoms with Gasteiger partial charge in [0.05, 0.1) is 32.8 Å². The fourth-order valence-corrected chi connectivity index (χ4v) is 5.69. The average Bonchev–Trinajstić information content (AvgIpc) is 3.53. The molecule has 1 unspecified atom stereocenters. The van der Waals surface area contributed by atoms with E-state index in [0.29, 0.717) is 26.2 Å². The molecule has 0 saturated heterocycles. The molecule has 5 aromatic rings. The zero-order valence-corrected chi connectivity index (χ0v) is 22.5. The second-order valence-electron chi connectivity index (χ2n) is 8.59. The molecule has 0 spiro atoms. The van der Waals surface area contributed by atoms with E-state index in [4.69, 9.17) is 28.2 Å². The summed E-state index contributed by atoms with van der Waals surface area (Å²) in [5, 5.41) is 13.8. The van der Waals surface area contributed by atoms with Crippen LogP contribution in [0.25, 0.3) is 21.7 Å². The molecule has 0 aliphatic heterocycles. The van der Waals surface area contributed by atoms with Crippen LogP contribution in [-0.4, -0.2) is 15.5 Å². The number of anilines is 1. The number of hydrogen-bond donors (Lipinski definition) is 1. The molecule has 184 valence electrons. The van der Waals surface area contributed by atoms with E-state index in [-0.39, 0.29) is 5.91 Å². The fraction of sp³-hybridized carbons (Fsp3) is 0.138. The van der Waals surface area contributed by atoms with Crippen molar-refractivity contribution >= 4 is 57.2 Å². The van der Waals surface area contributed by atoms with Crippen molar-refractivity contribution in [2.24, 2.45) is 0 Å². The summed E-state index contributed by atoms with van der Waals surface area (Å²) >= 11 is 14.0.